The van der Waals surface area contributed by atoms with E-state index in [0.717, 1.165) is 62.9 Å². The van der Waals surface area contributed by atoms with Crippen LogP contribution in [-0.2, 0) is 17.6 Å². The Morgan fingerprint density at radius 1 is 1.31 bits per heavy atom. The molecule has 1 spiro atoms. The minimum absolute atomic E-state index is 0.0393. The number of piperidine rings is 1. The number of carboxylic acid groups (broad SMARTS) is 1. The van der Waals surface area contributed by atoms with E-state index in [1.807, 2.05) is 4.90 Å². The van der Waals surface area contributed by atoms with Gasteiger partial charge in [0.15, 0.2) is 5.69 Å². The molecule has 1 aliphatic carbocycles. The van der Waals surface area contributed by atoms with Crippen molar-refractivity contribution in [1.82, 2.24) is 20.0 Å². The Morgan fingerprint density at radius 3 is 2.77 bits per heavy atom. The van der Waals surface area contributed by atoms with Gasteiger partial charge in [0.25, 0.3) is 5.91 Å². The van der Waals surface area contributed by atoms with Crippen molar-refractivity contribution in [2.45, 2.75) is 57.9 Å². The first kappa shape index (κ1) is 17.5. The van der Waals surface area contributed by atoms with Crippen molar-refractivity contribution in [3.05, 3.63) is 17.0 Å². The molecule has 3 heterocycles. The number of amides is 1. The number of nitrogens with zero attached hydrogens (tertiary/aromatic N) is 3. The number of carbonyl (C=O) groups excluding carboxylic acids is 1. The molecule has 0 bridgehead atoms. The Labute approximate surface area is 153 Å². The van der Waals surface area contributed by atoms with Gasteiger partial charge in [0.05, 0.1) is 0 Å². The van der Waals surface area contributed by atoms with Crippen LogP contribution in [0, 0.1) is 5.41 Å². The molecule has 2 fully saturated rings. The highest BCUT2D eigenvalue weighted by Crippen LogP contribution is 2.43. The number of nitrogens with one attached hydrogen (secondary N) is 1. The monoisotopic (exact) mass is 360 g/mol. The molecule has 1 amide bonds. The molecule has 4 rings (SSSR count). The number of carbonyl (C=O) groups is 2. The second-order valence-corrected chi connectivity index (χ2v) is 8.20. The summed E-state index contributed by atoms with van der Waals surface area (Å²) in [4.78, 5) is 28.6. The lowest BCUT2D eigenvalue weighted by Gasteiger charge is -2.39. The molecule has 7 nitrogen and oxygen atoms in total. The fourth-order valence-electron chi connectivity index (χ4n) is 5.10. The van der Waals surface area contributed by atoms with E-state index in [-0.39, 0.29) is 17.4 Å². The summed E-state index contributed by atoms with van der Waals surface area (Å²) in [7, 11) is 0. The third kappa shape index (κ3) is 2.92. The van der Waals surface area contributed by atoms with Crippen molar-refractivity contribution < 1.29 is 14.7 Å². The molecule has 0 saturated carbocycles. The predicted molar refractivity (Wildman–Crippen MR) is 96.1 cm³/mol. The highest BCUT2D eigenvalue weighted by Gasteiger charge is 2.48. The van der Waals surface area contributed by atoms with Crippen LogP contribution in [0.15, 0.2) is 0 Å². The third-order valence-electron chi connectivity index (χ3n) is 6.52. The van der Waals surface area contributed by atoms with Crippen molar-refractivity contribution in [3.63, 3.8) is 0 Å². The number of aliphatic carboxylic acids is 1. The molecule has 1 aromatic heterocycles. The molecule has 1 aromatic rings. The fraction of sp³-hybridized carbons (Fsp3) is 0.737. The highest BCUT2D eigenvalue weighted by atomic mass is 16.4. The molecule has 142 valence electrons. The van der Waals surface area contributed by atoms with E-state index in [1.165, 1.54) is 0 Å². The van der Waals surface area contributed by atoms with Crippen molar-refractivity contribution >= 4 is 11.9 Å². The van der Waals surface area contributed by atoms with Crippen molar-refractivity contribution in [3.8, 4) is 0 Å². The van der Waals surface area contributed by atoms with Gasteiger partial charge in [0, 0.05) is 30.9 Å². The lowest BCUT2D eigenvalue weighted by Crippen LogP contribution is -2.44. The lowest BCUT2D eigenvalue weighted by atomic mass is 9.76. The van der Waals surface area contributed by atoms with Gasteiger partial charge in [0.1, 0.15) is 6.04 Å². The molecule has 2 saturated heterocycles. The standard InChI is InChI=1S/C19H28N4O3/c1-2-8-23-12-19(11-15(23)18(25)26)6-9-22(10-7-19)17(24)16-13-4-3-5-14(13)20-21-16/h15H,2-12H2,1H3,(H,20,21)(H,25,26)/t15-/m1/s1. The number of fused-ring (bicyclic) bond motifs is 1. The lowest BCUT2D eigenvalue weighted by molar-refractivity contribution is -0.142. The average Bonchev–Trinajstić information content (AvgIpc) is 3.30. The van der Waals surface area contributed by atoms with E-state index in [2.05, 4.69) is 22.0 Å². The number of aryl methyl sites for hydroxylation is 1. The first-order valence-corrected chi connectivity index (χ1v) is 9.85. The number of aromatic nitrogens is 2. The summed E-state index contributed by atoms with van der Waals surface area (Å²) in [5.41, 5.74) is 2.88. The zero-order chi connectivity index (χ0) is 18.3. The summed E-state index contributed by atoms with van der Waals surface area (Å²) < 4.78 is 0. The number of rotatable bonds is 4. The number of aromatic amines is 1. The van der Waals surface area contributed by atoms with Crippen LogP contribution in [0.5, 0.6) is 0 Å². The Balaban J connectivity index is 1.42. The molecule has 0 aromatic carbocycles. The smallest absolute Gasteiger partial charge is 0.320 e. The van der Waals surface area contributed by atoms with E-state index in [0.29, 0.717) is 25.2 Å². The second-order valence-electron chi connectivity index (χ2n) is 8.20. The van der Waals surface area contributed by atoms with E-state index in [1.54, 1.807) is 0 Å². The molecule has 0 radical (unpaired) electrons. The van der Waals surface area contributed by atoms with Gasteiger partial charge in [-0.3, -0.25) is 19.6 Å². The summed E-state index contributed by atoms with van der Waals surface area (Å²) in [6, 6.07) is -0.369. The third-order valence-corrected chi connectivity index (χ3v) is 6.52. The van der Waals surface area contributed by atoms with Gasteiger partial charge in [-0.1, -0.05) is 6.92 Å². The Kier molecular flexibility index (Phi) is 4.50. The summed E-state index contributed by atoms with van der Waals surface area (Å²) in [6.45, 7) is 5.17. The van der Waals surface area contributed by atoms with Gasteiger partial charge in [-0.05, 0) is 56.9 Å². The first-order chi connectivity index (χ1) is 12.5. The van der Waals surface area contributed by atoms with Crippen molar-refractivity contribution in [1.29, 1.82) is 0 Å². The van der Waals surface area contributed by atoms with E-state index >= 15 is 0 Å². The second kappa shape index (κ2) is 6.68. The fourth-order valence-corrected chi connectivity index (χ4v) is 5.10. The van der Waals surface area contributed by atoms with E-state index in [9.17, 15) is 14.7 Å². The number of H-pyrrole nitrogens is 1. The largest absolute Gasteiger partial charge is 0.480 e. The molecule has 0 unspecified atom stereocenters. The number of hydrogen-bond acceptors (Lipinski definition) is 4. The van der Waals surface area contributed by atoms with Crippen LogP contribution < -0.4 is 0 Å². The van der Waals surface area contributed by atoms with Crippen molar-refractivity contribution in [2.75, 3.05) is 26.2 Å². The topological polar surface area (TPSA) is 89.5 Å². The number of carboxylic acids is 1. The maximum Gasteiger partial charge on any atom is 0.320 e. The van der Waals surface area contributed by atoms with Crippen LogP contribution >= 0.6 is 0 Å². The Hall–Kier alpha value is -1.89. The molecular formula is C19H28N4O3. The normalized spacial score (nSPS) is 25.0. The van der Waals surface area contributed by atoms with Gasteiger partial charge >= 0.3 is 5.97 Å². The average molecular weight is 360 g/mol. The minimum atomic E-state index is -0.707. The molecular weight excluding hydrogens is 332 g/mol. The van der Waals surface area contributed by atoms with Gasteiger partial charge in [0.2, 0.25) is 0 Å². The minimum Gasteiger partial charge on any atom is -0.480 e. The number of hydrogen-bond donors (Lipinski definition) is 2. The van der Waals surface area contributed by atoms with Crippen LogP contribution in [0.1, 0.15) is 60.8 Å². The molecule has 3 aliphatic rings. The molecule has 2 aliphatic heterocycles. The van der Waals surface area contributed by atoms with E-state index in [4.69, 9.17) is 0 Å². The summed E-state index contributed by atoms with van der Waals surface area (Å²) in [5, 5.41) is 16.9. The maximum atomic E-state index is 12.9. The SMILES string of the molecule is CCCN1CC2(CCN(C(=O)c3n[nH]c4c3CCC4)CC2)C[C@@H]1C(=O)O. The van der Waals surface area contributed by atoms with Crippen molar-refractivity contribution in [2.24, 2.45) is 5.41 Å². The highest BCUT2D eigenvalue weighted by molar-refractivity contribution is 5.94. The maximum absolute atomic E-state index is 12.9. The quantitative estimate of drug-likeness (QED) is 0.853. The van der Waals surface area contributed by atoms with Gasteiger partial charge in [-0.25, -0.2) is 0 Å². The zero-order valence-corrected chi connectivity index (χ0v) is 15.5. The van der Waals surface area contributed by atoms with E-state index < -0.39 is 5.97 Å². The van der Waals surface area contributed by atoms with Crippen LogP contribution in [0.2, 0.25) is 0 Å². The Bertz CT molecular complexity index is 706. The van der Waals surface area contributed by atoms with Gasteiger partial charge in [-0.2, -0.15) is 5.10 Å². The first-order valence-electron chi connectivity index (χ1n) is 9.85. The molecule has 7 heteroatoms. The summed E-state index contributed by atoms with van der Waals surface area (Å²) >= 11 is 0. The van der Waals surface area contributed by atoms with Crippen LogP contribution in [0.3, 0.4) is 0 Å². The molecule has 26 heavy (non-hydrogen) atoms. The van der Waals surface area contributed by atoms with Crippen LogP contribution in [-0.4, -0.2) is 69.2 Å². The summed E-state index contributed by atoms with van der Waals surface area (Å²) in [6.07, 6.45) is 6.47. The zero-order valence-electron chi connectivity index (χ0n) is 15.5. The predicted octanol–water partition coefficient (Wildman–Crippen LogP) is 1.69. The Morgan fingerprint density at radius 2 is 2.08 bits per heavy atom. The summed E-state index contributed by atoms with van der Waals surface area (Å²) in [5.74, 6) is -0.668. The van der Waals surface area contributed by atoms with Crippen LogP contribution in [0.4, 0.5) is 0 Å². The molecule has 2 N–H and O–H groups in total. The molecule has 1 atom stereocenters. The van der Waals surface area contributed by atoms with Gasteiger partial charge < -0.3 is 10.0 Å². The van der Waals surface area contributed by atoms with Gasteiger partial charge in [-0.15, -0.1) is 0 Å². The van der Waals surface area contributed by atoms with Crippen LogP contribution in [0.25, 0.3) is 0 Å². The number of likely N-dealkylation sites (tertiary alicyclic amines) is 2.